The van der Waals surface area contributed by atoms with Crippen molar-refractivity contribution in [3.8, 4) is 11.4 Å². The first kappa shape index (κ1) is 20.6. The first-order valence-corrected chi connectivity index (χ1v) is 10.7. The maximum Gasteiger partial charge on any atom is 0.244 e. The van der Waals surface area contributed by atoms with E-state index >= 15 is 0 Å². The Balaban J connectivity index is 1.32. The van der Waals surface area contributed by atoms with Crippen molar-refractivity contribution in [2.45, 2.75) is 20.1 Å². The standard InChI is InChI=1S/C24H22N4O2S/c1-18-27-21(17-31-18)16-30-23-6-3-2-5-20(23)9-12-24(29)25-15-19-7-10-22(11-8-19)28-14-4-13-26-28/h2-14,17H,15-16H2,1H3,(H,25,29)/b12-9+. The summed E-state index contributed by atoms with van der Waals surface area (Å²) in [6.07, 6.45) is 6.91. The van der Waals surface area contributed by atoms with Gasteiger partial charge in [0.15, 0.2) is 0 Å². The van der Waals surface area contributed by atoms with Crippen molar-refractivity contribution in [3.63, 3.8) is 0 Å². The minimum Gasteiger partial charge on any atom is -0.487 e. The summed E-state index contributed by atoms with van der Waals surface area (Å²) in [7, 11) is 0. The number of nitrogens with one attached hydrogen (secondary N) is 1. The summed E-state index contributed by atoms with van der Waals surface area (Å²) >= 11 is 1.60. The average Bonchev–Trinajstić information content (AvgIpc) is 3.48. The van der Waals surface area contributed by atoms with Crippen LogP contribution in [-0.2, 0) is 17.9 Å². The van der Waals surface area contributed by atoms with Crippen LogP contribution in [0.5, 0.6) is 5.75 Å². The molecule has 2 aromatic heterocycles. The number of thiazole rings is 1. The molecule has 0 bridgehead atoms. The monoisotopic (exact) mass is 430 g/mol. The molecule has 4 rings (SSSR count). The van der Waals surface area contributed by atoms with E-state index in [1.807, 2.05) is 73.1 Å². The Kier molecular flexibility index (Phi) is 6.54. The van der Waals surface area contributed by atoms with E-state index in [9.17, 15) is 4.79 Å². The van der Waals surface area contributed by atoms with Crippen LogP contribution >= 0.6 is 11.3 Å². The van der Waals surface area contributed by atoms with Crippen molar-refractivity contribution in [2.24, 2.45) is 0 Å². The van der Waals surface area contributed by atoms with Crippen LogP contribution in [0.25, 0.3) is 11.8 Å². The molecule has 7 heteroatoms. The minimum atomic E-state index is -0.166. The Bertz CT molecular complexity index is 1160. The third kappa shape index (κ3) is 5.67. The van der Waals surface area contributed by atoms with Crippen molar-refractivity contribution in [1.29, 1.82) is 0 Å². The number of hydrogen-bond donors (Lipinski definition) is 1. The number of ether oxygens (including phenoxy) is 1. The predicted octanol–water partition coefficient (Wildman–Crippen LogP) is 4.55. The molecule has 0 fully saturated rings. The Morgan fingerprint density at radius 3 is 2.74 bits per heavy atom. The third-order valence-electron chi connectivity index (χ3n) is 4.55. The van der Waals surface area contributed by atoms with Crippen molar-refractivity contribution in [3.05, 3.63) is 100 Å². The van der Waals surface area contributed by atoms with Gasteiger partial charge in [-0.25, -0.2) is 9.67 Å². The third-order valence-corrected chi connectivity index (χ3v) is 5.37. The van der Waals surface area contributed by atoms with Crippen molar-refractivity contribution >= 4 is 23.3 Å². The molecule has 1 amide bonds. The molecule has 31 heavy (non-hydrogen) atoms. The van der Waals surface area contributed by atoms with E-state index in [2.05, 4.69) is 15.4 Å². The first-order chi connectivity index (χ1) is 15.2. The molecule has 0 aliphatic heterocycles. The molecule has 1 N–H and O–H groups in total. The summed E-state index contributed by atoms with van der Waals surface area (Å²) in [6.45, 7) is 2.82. The molecule has 0 unspecified atom stereocenters. The number of nitrogens with zero attached hydrogens (tertiary/aromatic N) is 3. The molecule has 0 aliphatic carbocycles. The highest BCUT2D eigenvalue weighted by Crippen LogP contribution is 2.21. The van der Waals surface area contributed by atoms with E-state index in [-0.39, 0.29) is 5.91 Å². The van der Waals surface area contributed by atoms with Crippen LogP contribution < -0.4 is 10.1 Å². The van der Waals surface area contributed by atoms with Crippen LogP contribution in [0.2, 0.25) is 0 Å². The molecule has 0 atom stereocenters. The van der Waals surface area contributed by atoms with Crippen LogP contribution in [0.1, 0.15) is 21.8 Å². The Morgan fingerprint density at radius 2 is 2.00 bits per heavy atom. The second kappa shape index (κ2) is 9.86. The first-order valence-electron chi connectivity index (χ1n) is 9.85. The molecule has 156 valence electrons. The Labute approximate surface area is 184 Å². The number of rotatable bonds is 8. The van der Waals surface area contributed by atoms with Gasteiger partial charge in [0, 0.05) is 36.0 Å². The summed E-state index contributed by atoms with van der Waals surface area (Å²) < 4.78 is 7.69. The number of aryl methyl sites for hydroxylation is 1. The van der Waals surface area contributed by atoms with E-state index in [1.54, 1.807) is 28.3 Å². The van der Waals surface area contributed by atoms with E-state index in [0.717, 1.165) is 27.5 Å². The highest BCUT2D eigenvalue weighted by atomic mass is 32.1. The fourth-order valence-corrected chi connectivity index (χ4v) is 3.57. The molecular formula is C24H22N4O2S. The fraction of sp³-hybridized carbons (Fsp3) is 0.125. The number of aromatic nitrogens is 3. The lowest BCUT2D eigenvalue weighted by Crippen LogP contribution is -2.20. The molecule has 6 nitrogen and oxygen atoms in total. The number of carbonyl (C=O) groups excluding carboxylic acids is 1. The quantitative estimate of drug-likeness (QED) is 0.417. The lowest BCUT2D eigenvalue weighted by molar-refractivity contribution is -0.116. The van der Waals surface area contributed by atoms with Gasteiger partial charge in [0.2, 0.25) is 5.91 Å². The zero-order chi connectivity index (χ0) is 21.5. The summed E-state index contributed by atoms with van der Waals surface area (Å²) in [4.78, 5) is 16.7. The van der Waals surface area contributed by atoms with Crippen LogP contribution in [0.3, 0.4) is 0 Å². The fourth-order valence-electron chi connectivity index (χ4n) is 2.98. The lowest BCUT2D eigenvalue weighted by atomic mass is 10.2. The summed E-state index contributed by atoms with van der Waals surface area (Å²) in [6, 6.07) is 17.4. The second-order valence-electron chi connectivity index (χ2n) is 6.85. The molecule has 4 aromatic rings. The van der Waals surface area contributed by atoms with Gasteiger partial charge in [-0.05, 0) is 42.8 Å². The normalized spacial score (nSPS) is 11.0. The molecule has 0 saturated heterocycles. The summed E-state index contributed by atoms with van der Waals surface area (Å²) in [5.74, 6) is 0.549. The van der Waals surface area contributed by atoms with Crippen LogP contribution in [0.4, 0.5) is 0 Å². The average molecular weight is 431 g/mol. The molecule has 2 aromatic carbocycles. The second-order valence-corrected chi connectivity index (χ2v) is 7.91. The highest BCUT2D eigenvalue weighted by Gasteiger charge is 2.04. The molecule has 0 aliphatic rings. The van der Waals surface area contributed by atoms with E-state index in [0.29, 0.717) is 18.9 Å². The molecule has 0 saturated carbocycles. The van der Waals surface area contributed by atoms with Gasteiger partial charge < -0.3 is 10.1 Å². The summed E-state index contributed by atoms with van der Waals surface area (Å²) in [5.41, 5.74) is 3.73. The van der Waals surface area contributed by atoms with Gasteiger partial charge in [0.05, 0.1) is 16.4 Å². The van der Waals surface area contributed by atoms with Crippen LogP contribution in [-0.4, -0.2) is 20.7 Å². The lowest BCUT2D eigenvalue weighted by Gasteiger charge is -2.08. The molecule has 0 spiro atoms. The van der Waals surface area contributed by atoms with Gasteiger partial charge in [-0.3, -0.25) is 4.79 Å². The van der Waals surface area contributed by atoms with Crippen molar-refractivity contribution in [1.82, 2.24) is 20.1 Å². The van der Waals surface area contributed by atoms with Gasteiger partial charge in [-0.2, -0.15) is 5.10 Å². The Morgan fingerprint density at radius 1 is 1.16 bits per heavy atom. The molecule has 0 radical (unpaired) electrons. The van der Waals surface area contributed by atoms with E-state index in [1.165, 1.54) is 6.08 Å². The topological polar surface area (TPSA) is 69.0 Å². The predicted molar refractivity (Wildman–Crippen MR) is 122 cm³/mol. The van der Waals surface area contributed by atoms with Crippen molar-refractivity contribution in [2.75, 3.05) is 0 Å². The van der Waals surface area contributed by atoms with Crippen molar-refractivity contribution < 1.29 is 9.53 Å². The number of benzene rings is 2. The molecule has 2 heterocycles. The van der Waals surface area contributed by atoms with E-state index < -0.39 is 0 Å². The largest absolute Gasteiger partial charge is 0.487 e. The zero-order valence-electron chi connectivity index (χ0n) is 17.1. The van der Waals surface area contributed by atoms with Gasteiger partial charge in [0.25, 0.3) is 0 Å². The van der Waals surface area contributed by atoms with Gasteiger partial charge in [-0.15, -0.1) is 11.3 Å². The van der Waals surface area contributed by atoms with Gasteiger partial charge >= 0.3 is 0 Å². The summed E-state index contributed by atoms with van der Waals surface area (Å²) in [5, 5.41) is 10.1. The maximum absolute atomic E-state index is 12.3. The van der Waals surface area contributed by atoms with Gasteiger partial charge in [-0.1, -0.05) is 30.3 Å². The highest BCUT2D eigenvalue weighted by molar-refractivity contribution is 7.09. The van der Waals surface area contributed by atoms with Crippen LogP contribution in [0, 0.1) is 6.92 Å². The van der Waals surface area contributed by atoms with Crippen LogP contribution in [0.15, 0.2) is 78.4 Å². The number of para-hydroxylation sites is 1. The number of amides is 1. The zero-order valence-corrected chi connectivity index (χ0v) is 17.9. The number of carbonyl (C=O) groups is 1. The minimum absolute atomic E-state index is 0.166. The Hall–Kier alpha value is -3.71. The van der Waals surface area contributed by atoms with Gasteiger partial charge in [0.1, 0.15) is 12.4 Å². The smallest absolute Gasteiger partial charge is 0.244 e. The van der Waals surface area contributed by atoms with E-state index in [4.69, 9.17) is 4.74 Å². The molecular weight excluding hydrogens is 408 g/mol. The maximum atomic E-state index is 12.3. The number of hydrogen-bond acceptors (Lipinski definition) is 5. The SMILES string of the molecule is Cc1nc(COc2ccccc2/C=C/C(=O)NCc2ccc(-n3cccn3)cc2)cs1.